The molecule has 2 aromatic rings. The molecule has 0 aliphatic carbocycles. The Kier molecular flexibility index (Phi) is 6.85. The number of thiophene rings is 1. The predicted molar refractivity (Wildman–Crippen MR) is 108 cm³/mol. The van der Waals surface area contributed by atoms with Crippen LogP contribution in [0.5, 0.6) is 5.88 Å². The third kappa shape index (κ3) is 5.16. The Morgan fingerprint density at radius 1 is 1.32 bits per heavy atom. The van der Waals surface area contributed by atoms with Gasteiger partial charge in [-0.1, -0.05) is 6.07 Å². The number of amides is 1. The van der Waals surface area contributed by atoms with Gasteiger partial charge >= 0.3 is 12.1 Å². The number of anilines is 1. The molecule has 2 fully saturated rings. The number of methoxy groups -OCH3 is 1. The number of likely N-dealkylation sites (tertiary alicyclic amines) is 1. The van der Waals surface area contributed by atoms with E-state index >= 15 is 0 Å². The summed E-state index contributed by atoms with van der Waals surface area (Å²) in [5.41, 5.74) is 1.92. The molecule has 1 spiro atoms. The van der Waals surface area contributed by atoms with Crippen LogP contribution < -0.4 is 9.64 Å². The van der Waals surface area contributed by atoms with Crippen LogP contribution in [0.3, 0.4) is 0 Å². The molecule has 0 radical (unpaired) electrons. The third-order valence-corrected chi connectivity index (χ3v) is 6.11. The van der Waals surface area contributed by atoms with Gasteiger partial charge in [0.15, 0.2) is 0 Å². The van der Waals surface area contributed by atoms with Crippen LogP contribution in [-0.2, 0) is 16.1 Å². The van der Waals surface area contributed by atoms with Crippen LogP contribution in [0.15, 0.2) is 35.2 Å². The smallest absolute Gasteiger partial charge is 0.481 e. The number of carbonyl (C=O) groups excluding carboxylic acids is 1. The van der Waals surface area contributed by atoms with Crippen molar-refractivity contribution in [2.24, 2.45) is 5.41 Å². The van der Waals surface area contributed by atoms with Gasteiger partial charge in [-0.2, -0.15) is 24.5 Å². The molecule has 2 saturated heterocycles. The van der Waals surface area contributed by atoms with Crippen molar-refractivity contribution in [1.29, 1.82) is 0 Å². The van der Waals surface area contributed by atoms with Crippen molar-refractivity contribution in [3.63, 3.8) is 0 Å². The number of carboxylic acid groups (broad SMARTS) is 1. The summed E-state index contributed by atoms with van der Waals surface area (Å²) in [5, 5.41) is 11.2. The van der Waals surface area contributed by atoms with Gasteiger partial charge in [-0.05, 0) is 36.9 Å². The van der Waals surface area contributed by atoms with Crippen molar-refractivity contribution in [2.75, 3.05) is 31.6 Å². The van der Waals surface area contributed by atoms with E-state index < -0.39 is 12.1 Å². The summed E-state index contributed by atoms with van der Waals surface area (Å²) >= 11 is 1.64. The number of carbonyl (C=O) groups is 2. The first-order chi connectivity index (χ1) is 14.7. The number of hydrogen-bond acceptors (Lipinski definition) is 6. The quantitative estimate of drug-likeness (QED) is 0.758. The summed E-state index contributed by atoms with van der Waals surface area (Å²) in [7, 11) is 1.65. The van der Waals surface area contributed by atoms with E-state index in [4.69, 9.17) is 14.6 Å². The molecule has 168 valence electrons. The van der Waals surface area contributed by atoms with Gasteiger partial charge in [0, 0.05) is 36.8 Å². The fraction of sp³-hybridized carbons (Fsp3) is 0.450. The minimum atomic E-state index is -5.08. The molecule has 2 aliphatic heterocycles. The maximum absolute atomic E-state index is 13.0. The maximum atomic E-state index is 13.0. The zero-order chi connectivity index (χ0) is 22.6. The van der Waals surface area contributed by atoms with E-state index in [0.717, 1.165) is 50.3 Å². The summed E-state index contributed by atoms with van der Waals surface area (Å²) in [6, 6.07) is 6.02. The fourth-order valence-electron chi connectivity index (χ4n) is 3.92. The lowest BCUT2D eigenvalue weighted by molar-refractivity contribution is -0.192. The Balaban J connectivity index is 0.000000339. The number of hydrogen-bond donors (Lipinski definition) is 1. The highest BCUT2D eigenvalue weighted by Gasteiger charge is 2.51. The number of ether oxygens (including phenoxy) is 1. The lowest BCUT2D eigenvalue weighted by atomic mass is 9.85. The molecule has 2 aliphatic rings. The average molecular weight is 457 g/mol. The highest BCUT2D eigenvalue weighted by molar-refractivity contribution is 7.08. The van der Waals surface area contributed by atoms with E-state index in [1.807, 2.05) is 28.5 Å². The molecule has 4 heterocycles. The third-order valence-electron chi connectivity index (χ3n) is 5.44. The highest BCUT2D eigenvalue weighted by atomic mass is 32.1. The van der Waals surface area contributed by atoms with Crippen LogP contribution in [-0.4, -0.2) is 59.8 Å². The molecule has 1 atom stereocenters. The molecular formula is C20H22F3N3O4S. The molecular weight excluding hydrogens is 435 g/mol. The number of aromatic nitrogens is 1. The van der Waals surface area contributed by atoms with Gasteiger partial charge in [-0.3, -0.25) is 9.69 Å². The van der Waals surface area contributed by atoms with E-state index in [-0.39, 0.29) is 5.41 Å². The van der Waals surface area contributed by atoms with Crippen molar-refractivity contribution in [1.82, 2.24) is 9.88 Å². The first kappa shape index (κ1) is 23.0. The van der Waals surface area contributed by atoms with Crippen LogP contribution >= 0.6 is 11.3 Å². The zero-order valence-electron chi connectivity index (χ0n) is 16.8. The molecule has 4 rings (SSSR count). The zero-order valence-corrected chi connectivity index (χ0v) is 17.6. The second-order valence-electron chi connectivity index (χ2n) is 7.40. The summed E-state index contributed by atoms with van der Waals surface area (Å²) < 4.78 is 37.1. The minimum absolute atomic E-state index is 0.211. The summed E-state index contributed by atoms with van der Waals surface area (Å²) in [6.07, 6.45) is -1.45. The lowest BCUT2D eigenvalue weighted by Gasteiger charge is -2.23. The van der Waals surface area contributed by atoms with Gasteiger partial charge in [-0.15, -0.1) is 0 Å². The molecule has 2 aromatic heterocycles. The molecule has 0 aromatic carbocycles. The standard InChI is InChI=1S/C18H21N3O2S.C2HF3O2/c1-23-16-14(3-2-7-19-16)11-20-8-5-18(13-20)6-9-21(17(18)22)15-4-10-24-12-15;3-2(4,5)1(6)7/h2-4,7,10,12H,5-6,8-9,11,13H2,1H3;(H,6,7). The number of carboxylic acids is 1. The second kappa shape index (κ2) is 9.23. The van der Waals surface area contributed by atoms with Gasteiger partial charge in [-0.25, -0.2) is 9.78 Å². The van der Waals surface area contributed by atoms with Crippen LogP contribution in [0.2, 0.25) is 0 Å². The molecule has 31 heavy (non-hydrogen) atoms. The summed E-state index contributed by atoms with van der Waals surface area (Å²) in [4.78, 5) is 30.5. The normalized spacial score (nSPS) is 21.3. The molecule has 0 bridgehead atoms. The molecule has 1 unspecified atom stereocenters. The van der Waals surface area contributed by atoms with Gasteiger partial charge in [0.2, 0.25) is 11.8 Å². The molecule has 0 saturated carbocycles. The predicted octanol–water partition coefficient (Wildman–Crippen LogP) is 3.41. The Morgan fingerprint density at radius 2 is 2.03 bits per heavy atom. The summed E-state index contributed by atoms with van der Waals surface area (Å²) in [6.45, 7) is 3.38. The monoisotopic (exact) mass is 457 g/mol. The number of rotatable bonds is 4. The first-order valence-corrected chi connectivity index (χ1v) is 10.4. The van der Waals surface area contributed by atoms with Gasteiger partial charge in [0.05, 0.1) is 18.2 Å². The average Bonchev–Trinajstić information content (AvgIpc) is 3.45. The van der Waals surface area contributed by atoms with Gasteiger partial charge in [0.1, 0.15) is 0 Å². The maximum Gasteiger partial charge on any atom is 0.490 e. The van der Waals surface area contributed by atoms with E-state index in [1.54, 1.807) is 24.6 Å². The molecule has 11 heteroatoms. The van der Waals surface area contributed by atoms with Gasteiger partial charge < -0.3 is 14.7 Å². The Morgan fingerprint density at radius 3 is 2.65 bits per heavy atom. The Hall–Kier alpha value is -2.66. The summed E-state index contributed by atoms with van der Waals surface area (Å²) in [5.74, 6) is -1.79. The number of nitrogens with zero attached hydrogens (tertiary/aromatic N) is 3. The number of alkyl halides is 3. The van der Waals surface area contributed by atoms with Crippen LogP contribution in [0, 0.1) is 5.41 Å². The topological polar surface area (TPSA) is 83.0 Å². The highest BCUT2D eigenvalue weighted by Crippen LogP contribution is 2.43. The van der Waals surface area contributed by atoms with Crippen LogP contribution in [0.4, 0.5) is 18.9 Å². The first-order valence-electron chi connectivity index (χ1n) is 9.51. The largest absolute Gasteiger partial charge is 0.490 e. The second-order valence-corrected chi connectivity index (χ2v) is 8.18. The number of halogens is 3. The fourth-order valence-corrected chi connectivity index (χ4v) is 4.56. The van der Waals surface area contributed by atoms with E-state index in [2.05, 4.69) is 15.3 Å². The Labute approximate surface area is 181 Å². The van der Waals surface area contributed by atoms with Crippen molar-refractivity contribution >= 4 is 28.9 Å². The lowest BCUT2D eigenvalue weighted by Crippen LogP contribution is -2.36. The molecule has 7 nitrogen and oxygen atoms in total. The SMILES string of the molecule is COc1ncccc1CN1CCC2(CCN(c3ccsc3)C2=O)C1.O=C(O)C(F)(F)F. The minimum Gasteiger partial charge on any atom is -0.481 e. The van der Waals surface area contributed by atoms with E-state index in [0.29, 0.717) is 11.8 Å². The van der Waals surface area contributed by atoms with E-state index in [1.165, 1.54) is 0 Å². The molecule has 1 N–H and O–H groups in total. The van der Waals surface area contributed by atoms with Crippen molar-refractivity contribution in [3.05, 3.63) is 40.7 Å². The van der Waals surface area contributed by atoms with Crippen molar-refractivity contribution < 1.29 is 32.6 Å². The van der Waals surface area contributed by atoms with Gasteiger partial charge in [0.25, 0.3) is 0 Å². The van der Waals surface area contributed by atoms with Crippen molar-refractivity contribution in [3.8, 4) is 5.88 Å². The van der Waals surface area contributed by atoms with Crippen LogP contribution in [0.25, 0.3) is 0 Å². The molecule has 1 amide bonds. The number of aliphatic carboxylic acids is 1. The Bertz CT molecular complexity index is 923. The van der Waals surface area contributed by atoms with Crippen molar-refractivity contribution in [2.45, 2.75) is 25.6 Å². The van der Waals surface area contributed by atoms with Crippen LogP contribution in [0.1, 0.15) is 18.4 Å². The number of pyridine rings is 1. The van der Waals surface area contributed by atoms with E-state index in [9.17, 15) is 18.0 Å².